The Bertz CT molecular complexity index is 9100. The maximum Gasteiger partial charge on any atom is 0.164 e. The lowest BCUT2D eigenvalue weighted by Crippen LogP contribution is -2.20. The molecule has 0 unspecified atom stereocenters. The number of para-hydroxylation sites is 2. The van der Waals surface area contributed by atoms with Gasteiger partial charge in [-0.2, -0.15) is 10.5 Å². The number of nitrogens with zero attached hydrogens (tertiary/aromatic N) is 12. The summed E-state index contributed by atoms with van der Waals surface area (Å²) in [6.07, 6.45) is 0.691. The van der Waals surface area contributed by atoms with Crippen LogP contribution in [0.2, 0.25) is 0 Å². The lowest BCUT2D eigenvalue weighted by Gasteiger charge is -2.26. The molecule has 140 heavy (non-hydrogen) atoms. The Hall–Kier alpha value is -17.8. The van der Waals surface area contributed by atoms with Gasteiger partial charge >= 0.3 is 0 Å². The Morgan fingerprint density at radius 1 is 0.221 bits per heavy atom. The van der Waals surface area contributed by atoms with Crippen molar-refractivity contribution >= 4 is 87.2 Å². The van der Waals surface area contributed by atoms with Gasteiger partial charge in [0.1, 0.15) is 0 Å². The fourth-order valence-electron chi connectivity index (χ4n) is 21.0. The number of nitriles is 2. The van der Waals surface area contributed by atoms with E-state index in [-0.39, 0.29) is 5.41 Å². The third-order valence-electron chi connectivity index (χ3n) is 28.1. The van der Waals surface area contributed by atoms with Crippen molar-refractivity contribution in [1.82, 2.24) is 48.2 Å². The van der Waals surface area contributed by atoms with E-state index in [1.807, 2.05) is 103 Å². The minimum atomic E-state index is -0.401. The standard InChI is InChI=1S/C128H94N12/c1-78-36-54-115-103(64-78)104-65-79(2)37-55-116(104)139(115)112-59-49-91(70-100(112)86-46-42-83(77-130)43-47-86)102-72-94(51-61-114(102)140-117-56-38-80(3)66-105(117)106-67-81(4)39-57-118(106)140)126-135-123(89-29-17-12-18-30-89)132-124(136-126)92-31-23-24-84(68-92)75-128(8,9)96-53-63-120-108(74-96)98-33-20-22-35-110(98)137(120)111-58-48-90(69-99(111)85-44-40-82(76-129)41-45-85)101-71-93(125-133-121(87-25-13-10-14-26-87)131-122(134-125)88-27-15-11-16-28-88)50-60-113(101)138-109-34-21-19-32-97(109)107-73-95(127(5,6)7)52-62-119(107)138/h10-74H,75H2,1-9H3. The summed E-state index contributed by atoms with van der Waals surface area (Å²) in [6.45, 7) is 20.2. The lowest BCUT2D eigenvalue weighted by molar-refractivity contribution is 0.523. The van der Waals surface area contributed by atoms with Crippen molar-refractivity contribution in [1.29, 1.82) is 10.5 Å². The zero-order valence-electron chi connectivity index (χ0n) is 79.1. The molecule has 6 aromatic heterocycles. The van der Waals surface area contributed by atoms with Gasteiger partial charge in [-0.15, -0.1) is 0 Å². The molecule has 12 nitrogen and oxygen atoms in total. The van der Waals surface area contributed by atoms with Gasteiger partial charge < -0.3 is 18.3 Å². The number of rotatable bonds is 17. The van der Waals surface area contributed by atoms with E-state index in [0.717, 1.165) is 161 Å². The first kappa shape index (κ1) is 85.1. The van der Waals surface area contributed by atoms with Gasteiger partial charge in [0.25, 0.3) is 0 Å². The van der Waals surface area contributed by atoms with Gasteiger partial charge in [-0.05, 0) is 260 Å². The average Bonchev–Trinajstić information content (AvgIpc) is 1.57. The third kappa shape index (κ3) is 15.0. The predicted molar refractivity (Wildman–Crippen MR) is 575 cm³/mol. The number of aromatic nitrogens is 10. The monoisotopic (exact) mass is 1800 g/mol. The molecule has 24 aromatic rings. The summed E-state index contributed by atoms with van der Waals surface area (Å²) in [5, 5.41) is 30.0. The van der Waals surface area contributed by atoms with E-state index < -0.39 is 5.41 Å². The first-order valence-corrected chi connectivity index (χ1v) is 47.8. The summed E-state index contributed by atoms with van der Waals surface area (Å²) in [5.41, 5.74) is 34.7. The van der Waals surface area contributed by atoms with Crippen molar-refractivity contribution < 1.29 is 0 Å². The second kappa shape index (κ2) is 33.9. The Kier molecular flexibility index (Phi) is 20.6. The molecular weight excluding hydrogens is 1710 g/mol. The number of hydrogen-bond acceptors (Lipinski definition) is 8. The molecule has 0 spiro atoms. The van der Waals surface area contributed by atoms with Crippen LogP contribution in [0.15, 0.2) is 394 Å². The Morgan fingerprint density at radius 2 is 0.493 bits per heavy atom. The molecule has 0 atom stereocenters. The summed E-state index contributed by atoms with van der Waals surface area (Å²) < 4.78 is 9.69. The summed E-state index contributed by atoms with van der Waals surface area (Å²) in [6, 6.07) is 146. The minimum Gasteiger partial charge on any atom is -0.309 e. The molecule has 0 fully saturated rings. The van der Waals surface area contributed by atoms with Crippen LogP contribution >= 0.6 is 0 Å². The van der Waals surface area contributed by atoms with E-state index in [9.17, 15) is 10.5 Å². The molecule has 666 valence electrons. The highest BCUT2D eigenvalue weighted by molar-refractivity contribution is 6.14. The second-order valence-electron chi connectivity index (χ2n) is 38.9. The van der Waals surface area contributed by atoms with E-state index in [1.165, 1.54) is 65.7 Å². The van der Waals surface area contributed by atoms with Crippen LogP contribution < -0.4 is 0 Å². The molecule has 0 aliphatic rings. The van der Waals surface area contributed by atoms with Crippen molar-refractivity contribution in [3.8, 4) is 148 Å². The van der Waals surface area contributed by atoms with Crippen molar-refractivity contribution in [2.45, 2.75) is 79.6 Å². The Labute approximate surface area is 812 Å². The third-order valence-corrected chi connectivity index (χ3v) is 28.1. The molecule has 0 radical (unpaired) electrons. The van der Waals surface area contributed by atoms with Gasteiger partial charge in [-0.25, -0.2) is 29.9 Å². The highest BCUT2D eigenvalue weighted by Crippen LogP contribution is 2.49. The maximum absolute atomic E-state index is 10.4. The van der Waals surface area contributed by atoms with Crippen LogP contribution in [0.5, 0.6) is 0 Å². The maximum atomic E-state index is 10.4. The Morgan fingerprint density at radius 3 is 0.850 bits per heavy atom. The van der Waals surface area contributed by atoms with E-state index in [2.05, 4.69) is 384 Å². The van der Waals surface area contributed by atoms with E-state index in [4.69, 9.17) is 29.9 Å². The molecule has 0 N–H and O–H groups in total. The molecule has 0 saturated carbocycles. The molecule has 0 aliphatic heterocycles. The van der Waals surface area contributed by atoms with Crippen molar-refractivity contribution in [2.75, 3.05) is 0 Å². The highest BCUT2D eigenvalue weighted by atomic mass is 15.1. The van der Waals surface area contributed by atoms with Crippen LogP contribution in [0.1, 0.15) is 84.7 Å². The smallest absolute Gasteiger partial charge is 0.164 e. The quantitative estimate of drug-likeness (QED) is 0.0876. The average molecular weight is 1800 g/mol. The van der Waals surface area contributed by atoms with E-state index in [1.54, 1.807) is 0 Å². The van der Waals surface area contributed by atoms with Crippen LogP contribution in [0.4, 0.5) is 0 Å². The van der Waals surface area contributed by atoms with Crippen LogP contribution in [0.3, 0.4) is 0 Å². The van der Waals surface area contributed by atoms with Gasteiger partial charge in [-0.1, -0.05) is 275 Å². The van der Waals surface area contributed by atoms with Crippen LogP contribution in [0, 0.1) is 50.4 Å². The number of fused-ring (bicyclic) bond motifs is 12. The van der Waals surface area contributed by atoms with Crippen molar-refractivity contribution in [2.24, 2.45) is 0 Å². The Balaban J connectivity index is 0.628. The fourth-order valence-corrected chi connectivity index (χ4v) is 21.0. The van der Waals surface area contributed by atoms with E-state index in [0.29, 0.717) is 52.5 Å². The fraction of sp³-hybridized carbons (Fsp3) is 0.0938. The zero-order chi connectivity index (χ0) is 94.9. The summed E-state index contributed by atoms with van der Waals surface area (Å²) in [7, 11) is 0. The van der Waals surface area contributed by atoms with Crippen LogP contribution in [-0.4, -0.2) is 48.2 Å². The first-order chi connectivity index (χ1) is 68.3. The van der Waals surface area contributed by atoms with Gasteiger partial charge in [0, 0.05) is 98.7 Å². The number of benzene rings is 18. The zero-order valence-corrected chi connectivity index (χ0v) is 79.1. The van der Waals surface area contributed by atoms with Gasteiger partial charge in [0.15, 0.2) is 34.9 Å². The molecule has 0 saturated heterocycles. The van der Waals surface area contributed by atoms with E-state index >= 15 is 0 Å². The van der Waals surface area contributed by atoms with Crippen molar-refractivity contribution in [3.63, 3.8) is 0 Å². The van der Waals surface area contributed by atoms with Gasteiger partial charge in [0.05, 0.1) is 90.1 Å². The largest absolute Gasteiger partial charge is 0.309 e. The van der Waals surface area contributed by atoms with Gasteiger partial charge in [-0.3, -0.25) is 0 Å². The normalized spacial score (nSPS) is 11.9. The molecule has 0 bridgehead atoms. The minimum absolute atomic E-state index is 0.0824. The molecule has 18 aromatic carbocycles. The number of aryl methyl sites for hydroxylation is 4. The van der Waals surface area contributed by atoms with Crippen LogP contribution in [-0.2, 0) is 17.3 Å². The van der Waals surface area contributed by atoms with Gasteiger partial charge in [0.2, 0.25) is 0 Å². The summed E-state index contributed by atoms with van der Waals surface area (Å²) in [4.78, 5) is 32.2. The highest BCUT2D eigenvalue weighted by Gasteiger charge is 2.30. The van der Waals surface area contributed by atoms with Crippen LogP contribution in [0.25, 0.3) is 223 Å². The molecule has 6 heterocycles. The topological polar surface area (TPSA) is 145 Å². The molecule has 0 amide bonds. The lowest BCUT2D eigenvalue weighted by atomic mass is 9.78. The summed E-state index contributed by atoms with van der Waals surface area (Å²) in [5.74, 6) is 3.36. The molecule has 12 heteroatoms. The second-order valence-corrected chi connectivity index (χ2v) is 38.9. The number of hydrogen-bond donors (Lipinski definition) is 0. The first-order valence-electron chi connectivity index (χ1n) is 47.8. The molecular formula is C128H94N12. The predicted octanol–water partition coefficient (Wildman–Crippen LogP) is 31.9. The summed E-state index contributed by atoms with van der Waals surface area (Å²) >= 11 is 0. The SMILES string of the molecule is Cc1ccc2c(c1)c1cc(C)ccc1n2-c1ccc(-c2nc(-c3ccccc3)nc(-c3cccc(CC(C)(C)c4ccc5c(c4)c4ccccc4n5-c4ccc(-c5cc(-c6nc(-c7ccccc7)nc(-c7ccccc7)n6)ccc5-n5c6ccccc6c6cc(C(C)(C)C)ccc65)cc4-c4ccc(C#N)cc4)c3)n2)cc1-c1ccc(-n2c3ccc(C)cc3c3cc(C)ccc32)c(-c2ccc(C#N)cc2)c1. The molecule has 0 aliphatic carbocycles. The molecule has 24 rings (SSSR count). The van der Waals surface area contributed by atoms with Crippen molar-refractivity contribution in [3.05, 3.63) is 444 Å².